The lowest BCUT2D eigenvalue weighted by atomic mass is 10.1. The zero-order valence-electron chi connectivity index (χ0n) is 14.8. The van der Waals surface area contributed by atoms with E-state index in [0.29, 0.717) is 19.1 Å². The maximum atomic E-state index is 12.2. The third-order valence-electron chi connectivity index (χ3n) is 4.41. The van der Waals surface area contributed by atoms with Crippen molar-refractivity contribution in [2.75, 3.05) is 13.2 Å². The number of aryl methyl sites for hydroxylation is 2. The molecule has 3 rings (SSSR count). The Morgan fingerprint density at radius 1 is 1.16 bits per heavy atom. The molecule has 1 fully saturated rings. The summed E-state index contributed by atoms with van der Waals surface area (Å²) in [6.07, 6.45) is 1.65. The number of benzene rings is 1. The number of aromatic nitrogens is 2. The summed E-state index contributed by atoms with van der Waals surface area (Å²) >= 11 is 0. The predicted octanol–water partition coefficient (Wildman–Crippen LogP) is 3.10. The van der Waals surface area contributed by atoms with Crippen LogP contribution in [0.2, 0.25) is 0 Å². The minimum absolute atomic E-state index is 0.136. The predicted molar refractivity (Wildman–Crippen MR) is 94.1 cm³/mol. The van der Waals surface area contributed by atoms with Gasteiger partial charge in [-0.15, -0.1) is 10.2 Å². The van der Waals surface area contributed by atoms with E-state index in [2.05, 4.69) is 21.6 Å². The molecule has 25 heavy (non-hydrogen) atoms. The summed E-state index contributed by atoms with van der Waals surface area (Å²) in [6, 6.07) is 7.52. The molecule has 0 bridgehead atoms. The highest BCUT2D eigenvalue weighted by Crippen LogP contribution is 2.27. The fourth-order valence-corrected chi connectivity index (χ4v) is 2.82. The Morgan fingerprint density at radius 2 is 1.92 bits per heavy atom. The van der Waals surface area contributed by atoms with Gasteiger partial charge >= 0.3 is 0 Å². The number of carbonyl (C=O) groups excluding carboxylic acids is 1. The summed E-state index contributed by atoms with van der Waals surface area (Å²) in [5.74, 6) is 0.912. The van der Waals surface area contributed by atoms with Gasteiger partial charge in [0, 0.05) is 25.3 Å². The van der Waals surface area contributed by atoms with Crippen molar-refractivity contribution in [3.63, 3.8) is 0 Å². The lowest BCUT2D eigenvalue weighted by Crippen LogP contribution is -2.39. The van der Waals surface area contributed by atoms with Crippen molar-refractivity contribution in [1.29, 1.82) is 0 Å². The van der Waals surface area contributed by atoms with Gasteiger partial charge in [-0.1, -0.05) is 6.07 Å². The Hall–Kier alpha value is -2.47. The Bertz CT molecular complexity index is 753. The molecule has 2 aromatic rings. The van der Waals surface area contributed by atoms with Gasteiger partial charge in [-0.2, -0.15) is 0 Å². The van der Waals surface area contributed by atoms with Gasteiger partial charge in [0.05, 0.1) is 0 Å². The number of carbonyl (C=O) groups is 1. The summed E-state index contributed by atoms with van der Waals surface area (Å²) in [7, 11) is 0. The van der Waals surface area contributed by atoms with E-state index < -0.39 is 0 Å². The van der Waals surface area contributed by atoms with Crippen LogP contribution >= 0.6 is 0 Å². The molecule has 6 nitrogen and oxygen atoms in total. The zero-order valence-corrected chi connectivity index (χ0v) is 14.8. The normalized spacial score (nSPS) is 15.0. The SMILES string of the molecule is Cc1cc(C)c(C)c(Oc2ccc(C(=O)NC3CCOCC3)nn2)c1. The van der Waals surface area contributed by atoms with Crippen LogP contribution in [0.4, 0.5) is 0 Å². The van der Waals surface area contributed by atoms with Gasteiger partial charge in [0.25, 0.3) is 5.91 Å². The van der Waals surface area contributed by atoms with Crippen LogP contribution in [0.3, 0.4) is 0 Å². The van der Waals surface area contributed by atoms with Crippen molar-refractivity contribution in [2.45, 2.75) is 39.7 Å². The Labute approximate surface area is 147 Å². The molecule has 2 heterocycles. The van der Waals surface area contributed by atoms with E-state index in [9.17, 15) is 4.79 Å². The standard InChI is InChI=1S/C19H23N3O3/c1-12-10-13(2)14(3)17(11-12)25-18-5-4-16(21-22-18)19(23)20-15-6-8-24-9-7-15/h4-5,10-11,15H,6-9H2,1-3H3,(H,20,23). The summed E-state index contributed by atoms with van der Waals surface area (Å²) in [5.41, 5.74) is 3.64. The summed E-state index contributed by atoms with van der Waals surface area (Å²) in [5, 5.41) is 11.0. The molecule has 0 atom stereocenters. The van der Waals surface area contributed by atoms with Crippen LogP contribution in [-0.4, -0.2) is 35.4 Å². The molecule has 1 aromatic heterocycles. The topological polar surface area (TPSA) is 73.3 Å². The lowest BCUT2D eigenvalue weighted by molar-refractivity contribution is 0.0693. The molecule has 0 saturated carbocycles. The van der Waals surface area contributed by atoms with E-state index >= 15 is 0 Å². The summed E-state index contributed by atoms with van der Waals surface area (Å²) in [6.45, 7) is 7.43. The Morgan fingerprint density at radius 3 is 2.60 bits per heavy atom. The molecular weight excluding hydrogens is 318 g/mol. The number of nitrogens with one attached hydrogen (secondary N) is 1. The zero-order chi connectivity index (χ0) is 17.8. The number of rotatable bonds is 4. The molecule has 1 amide bonds. The van der Waals surface area contributed by atoms with Gasteiger partial charge in [0.2, 0.25) is 5.88 Å². The molecule has 1 N–H and O–H groups in total. The third-order valence-corrected chi connectivity index (χ3v) is 4.41. The molecule has 132 valence electrons. The van der Waals surface area contributed by atoms with Crippen LogP contribution in [-0.2, 0) is 4.74 Å². The molecule has 0 radical (unpaired) electrons. The van der Waals surface area contributed by atoms with Crippen LogP contribution < -0.4 is 10.1 Å². The third kappa shape index (κ3) is 4.33. The fraction of sp³-hybridized carbons (Fsp3) is 0.421. The molecule has 1 aromatic carbocycles. The first-order chi connectivity index (χ1) is 12.0. The Balaban J connectivity index is 1.67. The quantitative estimate of drug-likeness (QED) is 0.925. The van der Waals surface area contributed by atoms with E-state index in [-0.39, 0.29) is 17.6 Å². The van der Waals surface area contributed by atoms with Crippen LogP contribution in [0.15, 0.2) is 24.3 Å². The van der Waals surface area contributed by atoms with Crippen molar-refractivity contribution >= 4 is 5.91 Å². The van der Waals surface area contributed by atoms with Crippen LogP contribution in [0.25, 0.3) is 0 Å². The molecule has 1 aliphatic heterocycles. The van der Waals surface area contributed by atoms with Gasteiger partial charge in [-0.05, 0) is 62.4 Å². The first-order valence-corrected chi connectivity index (χ1v) is 8.51. The van der Waals surface area contributed by atoms with Gasteiger partial charge in [0.1, 0.15) is 5.75 Å². The highest BCUT2D eigenvalue weighted by molar-refractivity contribution is 5.92. The molecule has 0 unspecified atom stereocenters. The van der Waals surface area contributed by atoms with Crippen molar-refractivity contribution in [3.05, 3.63) is 46.6 Å². The molecule has 0 spiro atoms. The van der Waals surface area contributed by atoms with E-state index in [1.807, 2.05) is 26.8 Å². The van der Waals surface area contributed by atoms with Crippen LogP contribution in [0.1, 0.15) is 40.0 Å². The maximum absolute atomic E-state index is 12.2. The highest BCUT2D eigenvalue weighted by Gasteiger charge is 2.18. The second-order valence-corrected chi connectivity index (χ2v) is 6.42. The van der Waals surface area contributed by atoms with Crippen molar-refractivity contribution in [2.24, 2.45) is 0 Å². The van der Waals surface area contributed by atoms with Crippen LogP contribution in [0.5, 0.6) is 11.6 Å². The molecule has 1 saturated heterocycles. The summed E-state index contributed by atoms with van der Waals surface area (Å²) in [4.78, 5) is 12.2. The minimum Gasteiger partial charge on any atom is -0.437 e. The van der Waals surface area contributed by atoms with E-state index in [0.717, 1.165) is 35.3 Å². The number of hydrogen-bond acceptors (Lipinski definition) is 5. The summed E-state index contributed by atoms with van der Waals surface area (Å²) < 4.78 is 11.1. The number of ether oxygens (including phenoxy) is 2. The maximum Gasteiger partial charge on any atom is 0.272 e. The average Bonchev–Trinajstić information content (AvgIpc) is 2.60. The van der Waals surface area contributed by atoms with Crippen molar-refractivity contribution in [1.82, 2.24) is 15.5 Å². The van der Waals surface area contributed by atoms with Crippen molar-refractivity contribution < 1.29 is 14.3 Å². The van der Waals surface area contributed by atoms with Gasteiger partial charge in [-0.3, -0.25) is 4.79 Å². The number of amides is 1. The van der Waals surface area contributed by atoms with Crippen LogP contribution in [0, 0.1) is 20.8 Å². The fourth-order valence-electron chi connectivity index (χ4n) is 2.82. The van der Waals surface area contributed by atoms with Gasteiger partial charge in [0.15, 0.2) is 5.69 Å². The lowest BCUT2D eigenvalue weighted by Gasteiger charge is -2.22. The highest BCUT2D eigenvalue weighted by atomic mass is 16.5. The average molecular weight is 341 g/mol. The first-order valence-electron chi connectivity index (χ1n) is 8.51. The van der Waals surface area contributed by atoms with Crippen molar-refractivity contribution in [3.8, 4) is 11.6 Å². The molecule has 6 heteroatoms. The van der Waals surface area contributed by atoms with E-state index in [1.54, 1.807) is 12.1 Å². The number of hydrogen-bond donors (Lipinski definition) is 1. The largest absolute Gasteiger partial charge is 0.437 e. The molecular formula is C19H23N3O3. The van der Waals surface area contributed by atoms with E-state index in [1.165, 1.54) is 0 Å². The van der Waals surface area contributed by atoms with Gasteiger partial charge in [-0.25, -0.2) is 0 Å². The number of nitrogens with zero attached hydrogens (tertiary/aromatic N) is 2. The monoisotopic (exact) mass is 341 g/mol. The van der Waals surface area contributed by atoms with Gasteiger partial charge < -0.3 is 14.8 Å². The second kappa shape index (κ2) is 7.61. The minimum atomic E-state index is -0.214. The molecule has 0 aliphatic carbocycles. The van der Waals surface area contributed by atoms with E-state index in [4.69, 9.17) is 9.47 Å². The second-order valence-electron chi connectivity index (χ2n) is 6.42. The first kappa shape index (κ1) is 17.4. The molecule has 1 aliphatic rings. The smallest absolute Gasteiger partial charge is 0.272 e. The Kier molecular flexibility index (Phi) is 5.28.